The van der Waals surface area contributed by atoms with E-state index in [9.17, 15) is 4.79 Å². The van der Waals surface area contributed by atoms with Crippen molar-refractivity contribution in [2.45, 2.75) is 45.1 Å². The van der Waals surface area contributed by atoms with Crippen LogP contribution in [0.3, 0.4) is 0 Å². The Balaban J connectivity index is 1.37. The minimum Gasteiger partial charge on any atom is -0.343 e. The third-order valence-electron chi connectivity index (χ3n) is 6.73. The molecule has 1 aromatic heterocycles. The minimum absolute atomic E-state index is 0.271. The Hall–Kier alpha value is -2.14. The molecule has 0 aliphatic carbocycles. The predicted molar refractivity (Wildman–Crippen MR) is 111 cm³/mol. The van der Waals surface area contributed by atoms with Crippen molar-refractivity contribution < 1.29 is 4.79 Å². The van der Waals surface area contributed by atoms with Crippen molar-refractivity contribution in [3.05, 3.63) is 54.4 Å². The Morgan fingerprint density at radius 3 is 2.64 bits per heavy atom. The molecule has 150 valence electrons. The molecule has 5 nitrogen and oxygen atoms in total. The number of carbonyl (C=O) groups excluding carboxylic acids is 1. The van der Waals surface area contributed by atoms with Crippen LogP contribution in [0.4, 0.5) is 0 Å². The van der Waals surface area contributed by atoms with Gasteiger partial charge in [0.05, 0.1) is 0 Å². The molecule has 1 unspecified atom stereocenters. The van der Waals surface area contributed by atoms with Gasteiger partial charge in [-0.1, -0.05) is 37.3 Å². The first-order valence-electron chi connectivity index (χ1n) is 10.7. The Morgan fingerprint density at radius 1 is 1.18 bits per heavy atom. The molecule has 0 radical (unpaired) electrons. The van der Waals surface area contributed by atoms with Crippen molar-refractivity contribution in [3.63, 3.8) is 0 Å². The summed E-state index contributed by atoms with van der Waals surface area (Å²) in [6, 6.07) is 12.9. The van der Waals surface area contributed by atoms with Crippen LogP contribution in [0.5, 0.6) is 0 Å². The topological polar surface area (TPSA) is 41.4 Å². The monoisotopic (exact) mass is 380 g/mol. The smallest absolute Gasteiger partial charge is 0.224 e. The Labute approximate surface area is 168 Å². The van der Waals surface area contributed by atoms with Crippen molar-refractivity contribution in [1.29, 1.82) is 0 Å². The zero-order chi connectivity index (χ0) is 19.4. The normalized spacial score (nSPS) is 22.5. The van der Waals surface area contributed by atoms with Crippen LogP contribution in [0.25, 0.3) is 0 Å². The standard InChI is InChI=1S/C23H32N4O/c1-2-25-18-21(20-7-4-3-5-8-20)17-23(19-25)10-15-26(16-11-23)22(28)9-14-27-13-6-12-24-27/h3-8,12-13,21H,2,9-11,14-19H2,1H3. The summed E-state index contributed by atoms with van der Waals surface area (Å²) < 4.78 is 1.84. The molecular weight excluding hydrogens is 348 g/mol. The van der Waals surface area contributed by atoms with Gasteiger partial charge in [0, 0.05) is 51.5 Å². The van der Waals surface area contributed by atoms with Gasteiger partial charge in [-0.05, 0) is 48.8 Å². The lowest BCUT2D eigenvalue weighted by atomic mass is 9.68. The number of benzene rings is 1. The van der Waals surface area contributed by atoms with E-state index in [0.29, 0.717) is 24.3 Å². The van der Waals surface area contributed by atoms with Gasteiger partial charge < -0.3 is 9.80 Å². The first kappa shape index (κ1) is 19.2. The third kappa shape index (κ3) is 4.30. The van der Waals surface area contributed by atoms with Crippen LogP contribution in [0, 0.1) is 5.41 Å². The maximum atomic E-state index is 12.6. The quantitative estimate of drug-likeness (QED) is 0.798. The molecule has 4 rings (SSSR count). The number of aryl methyl sites for hydroxylation is 1. The summed E-state index contributed by atoms with van der Waals surface area (Å²) in [7, 11) is 0. The van der Waals surface area contributed by atoms with Gasteiger partial charge in [0.25, 0.3) is 0 Å². The number of piperidine rings is 2. The zero-order valence-electron chi connectivity index (χ0n) is 17.0. The number of amides is 1. The van der Waals surface area contributed by atoms with Crippen molar-refractivity contribution in [2.75, 3.05) is 32.7 Å². The van der Waals surface area contributed by atoms with Crippen LogP contribution in [-0.4, -0.2) is 58.2 Å². The molecule has 28 heavy (non-hydrogen) atoms. The molecule has 1 aromatic carbocycles. The fraction of sp³-hybridized carbons (Fsp3) is 0.565. The number of rotatable bonds is 5. The molecule has 2 saturated heterocycles. The fourth-order valence-electron chi connectivity index (χ4n) is 5.09. The molecule has 2 aliphatic heterocycles. The number of aromatic nitrogens is 2. The molecule has 1 atom stereocenters. The minimum atomic E-state index is 0.271. The maximum Gasteiger partial charge on any atom is 0.224 e. The number of hydrogen-bond acceptors (Lipinski definition) is 3. The average Bonchev–Trinajstić information content (AvgIpc) is 3.26. The van der Waals surface area contributed by atoms with Gasteiger partial charge in [-0.3, -0.25) is 9.48 Å². The van der Waals surface area contributed by atoms with E-state index in [-0.39, 0.29) is 5.91 Å². The number of nitrogens with zero attached hydrogens (tertiary/aromatic N) is 4. The highest BCUT2D eigenvalue weighted by atomic mass is 16.2. The summed E-state index contributed by atoms with van der Waals surface area (Å²) in [6.07, 6.45) is 7.73. The van der Waals surface area contributed by atoms with Crippen LogP contribution in [0.2, 0.25) is 0 Å². The lowest BCUT2D eigenvalue weighted by Gasteiger charge is -2.50. The number of carbonyl (C=O) groups is 1. The molecule has 0 bridgehead atoms. The number of likely N-dealkylation sites (N-methyl/N-ethyl adjacent to an activating group) is 1. The van der Waals surface area contributed by atoms with E-state index in [1.807, 2.05) is 16.9 Å². The molecule has 5 heteroatoms. The lowest BCUT2D eigenvalue weighted by Crippen LogP contribution is -2.52. The van der Waals surface area contributed by atoms with E-state index in [0.717, 1.165) is 39.0 Å². The van der Waals surface area contributed by atoms with Crippen LogP contribution < -0.4 is 0 Å². The fourth-order valence-corrected chi connectivity index (χ4v) is 5.09. The second-order valence-electron chi connectivity index (χ2n) is 8.54. The van der Waals surface area contributed by atoms with Gasteiger partial charge in [-0.25, -0.2) is 0 Å². The van der Waals surface area contributed by atoms with E-state index < -0.39 is 0 Å². The molecule has 2 aromatic rings. The molecular formula is C23H32N4O. The second-order valence-corrected chi connectivity index (χ2v) is 8.54. The summed E-state index contributed by atoms with van der Waals surface area (Å²) >= 11 is 0. The van der Waals surface area contributed by atoms with Crippen molar-refractivity contribution in [3.8, 4) is 0 Å². The maximum absolute atomic E-state index is 12.6. The van der Waals surface area contributed by atoms with Gasteiger partial charge >= 0.3 is 0 Å². The molecule has 1 spiro atoms. The van der Waals surface area contributed by atoms with E-state index in [2.05, 4.69) is 52.2 Å². The zero-order valence-corrected chi connectivity index (χ0v) is 17.0. The molecule has 2 fully saturated rings. The highest BCUT2D eigenvalue weighted by Gasteiger charge is 2.42. The third-order valence-corrected chi connectivity index (χ3v) is 6.73. The highest BCUT2D eigenvalue weighted by Crippen LogP contribution is 2.45. The molecule has 0 saturated carbocycles. The van der Waals surface area contributed by atoms with Crippen LogP contribution in [-0.2, 0) is 11.3 Å². The molecule has 0 N–H and O–H groups in total. The van der Waals surface area contributed by atoms with Crippen molar-refractivity contribution in [1.82, 2.24) is 19.6 Å². The summed E-state index contributed by atoms with van der Waals surface area (Å²) in [5.41, 5.74) is 1.82. The predicted octanol–water partition coefficient (Wildman–Crippen LogP) is 3.39. The van der Waals surface area contributed by atoms with Crippen LogP contribution >= 0.6 is 0 Å². The second kappa shape index (κ2) is 8.48. The first-order chi connectivity index (χ1) is 13.7. The number of hydrogen-bond donors (Lipinski definition) is 0. The Bertz CT molecular complexity index is 750. The molecule has 1 amide bonds. The Kier molecular flexibility index (Phi) is 5.81. The summed E-state index contributed by atoms with van der Waals surface area (Å²) in [5.74, 6) is 0.880. The van der Waals surface area contributed by atoms with Gasteiger partial charge in [-0.15, -0.1) is 0 Å². The van der Waals surface area contributed by atoms with Crippen LogP contribution in [0.1, 0.15) is 44.1 Å². The first-order valence-corrected chi connectivity index (χ1v) is 10.7. The summed E-state index contributed by atoms with van der Waals surface area (Å²) in [6.45, 7) is 8.20. The average molecular weight is 381 g/mol. The number of likely N-dealkylation sites (tertiary alicyclic amines) is 2. The SMILES string of the molecule is CCN1CC(c2ccccc2)CC2(CCN(C(=O)CCn3cccn3)CC2)C1. The van der Waals surface area contributed by atoms with E-state index in [1.165, 1.54) is 18.5 Å². The van der Waals surface area contributed by atoms with Gasteiger partial charge in [0.1, 0.15) is 0 Å². The molecule has 3 heterocycles. The molecule has 2 aliphatic rings. The van der Waals surface area contributed by atoms with Crippen molar-refractivity contribution >= 4 is 5.91 Å². The largest absolute Gasteiger partial charge is 0.343 e. The van der Waals surface area contributed by atoms with Crippen molar-refractivity contribution in [2.24, 2.45) is 5.41 Å². The van der Waals surface area contributed by atoms with E-state index in [1.54, 1.807) is 6.20 Å². The Morgan fingerprint density at radius 2 is 1.96 bits per heavy atom. The van der Waals surface area contributed by atoms with Gasteiger partial charge in [0.15, 0.2) is 0 Å². The van der Waals surface area contributed by atoms with E-state index in [4.69, 9.17) is 0 Å². The summed E-state index contributed by atoms with van der Waals surface area (Å²) in [4.78, 5) is 17.3. The lowest BCUT2D eigenvalue weighted by molar-refractivity contribution is -0.134. The van der Waals surface area contributed by atoms with Gasteiger partial charge in [-0.2, -0.15) is 5.10 Å². The van der Waals surface area contributed by atoms with Gasteiger partial charge in [0.2, 0.25) is 5.91 Å². The van der Waals surface area contributed by atoms with E-state index >= 15 is 0 Å². The summed E-state index contributed by atoms with van der Waals surface area (Å²) in [5, 5.41) is 4.20. The highest BCUT2D eigenvalue weighted by molar-refractivity contribution is 5.76. The van der Waals surface area contributed by atoms with Crippen LogP contribution in [0.15, 0.2) is 48.8 Å².